The Morgan fingerprint density at radius 1 is 0.973 bits per heavy atom. The molecule has 2 aliphatic heterocycles. The van der Waals surface area contributed by atoms with Gasteiger partial charge in [0.1, 0.15) is 11.8 Å². The van der Waals surface area contributed by atoms with Gasteiger partial charge in [0.05, 0.1) is 17.5 Å². The highest BCUT2D eigenvalue weighted by Gasteiger charge is 2.54. The van der Waals surface area contributed by atoms with E-state index in [4.69, 9.17) is 4.74 Å². The molecule has 3 heterocycles. The maximum absolute atomic E-state index is 14.0. The minimum Gasteiger partial charge on any atom is -0.353 e. The van der Waals surface area contributed by atoms with Gasteiger partial charge >= 0.3 is 0 Å². The smallest absolute Gasteiger partial charge is 0.263 e. The van der Waals surface area contributed by atoms with Gasteiger partial charge in [-0.3, -0.25) is 19.3 Å². The number of carbonyl (C=O) groups excluding carboxylic acids is 3. The van der Waals surface area contributed by atoms with E-state index in [1.807, 2.05) is 84.8 Å². The molecular weight excluding hydrogens is 486 g/mol. The second-order valence-corrected chi connectivity index (χ2v) is 10.6. The van der Waals surface area contributed by atoms with E-state index < -0.39 is 11.8 Å². The molecule has 3 aromatic rings. The standard InChI is InChI=1S/C29H31N3O4S/c1-20-9-6-7-12-23(20)27(34)32-24(26(33)30-21(2)22-10-4-3-5-11-22)19-36-29(32)14-16-31(17-15-29)28(35)25-13-8-18-37-25/h3-13,18,21,24H,14-17,19H2,1-2H3,(H,30,33)/t21-,24-/m1/s1. The van der Waals surface area contributed by atoms with Crippen molar-refractivity contribution in [1.29, 1.82) is 0 Å². The van der Waals surface area contributed by atoms with Crippen LogP contribution in [0.4, 0.5) is 0 Å². The van der Waals surface area contributed by atoms with E-state index in [2.05, 4.69) is 5.32 Å². The molecule has 2 fully saturated rings. The van der Waals surface area contributed by atoms with Crippen molar-refractivity contribution in [2.45, 2.75) is 44.5 Å². The van der Waals surface area contributed by atoms with E-state index >= 15 is 0 Å². The van der Waals surface area contributed by atoms with E-state index in [1.165, 1.54) is 11.3 Å². The Morgan fingerprint density at radius 3 is 2.35 bits per heavy atom. The van der Waals surface area contributed by atoms with Gasteiger partial charge in [-0.1, -0.05) is 54.6 Å². The monoisotopic (exact) mass is 517 g/mol. The molecule has 2 atom stereocenters. The van der Waals surface area contributed by atoms with Crippen molar-refractivity contribution in [2.24, 2.45) is 0 Å². The summed E-state index contributed by atoms with van der Waals surface area (Å²) in [6.45, 7) is 4.84. The van der Waals surface area contributed by atoms with Crippen LogP contribution >= 0.6 is 11.3 Å². The number of nitrogens with zero attached hydrogens (tertiary/aromatic N) is 2. The van der Waals surface area contributed by atoms with Crippen molar-refractivity contribution in [1.82, 2.24) is 15.1 Å². The van der Waals surface area contributed by atoms with E-state index in [9.17, 15) is 14.4 Å². The quantitative estimate of drug-likeness (QED) is 0.544. The first-order chi connectivity index (χ1) is 17.9. The third-order valence-corrected chi connectivity index (χ3v) is 8.24. The molecule has 5 rings (SSSR count). The summed E-state index contributed by atoms with van der Waals surface area (Å²) in [4.78, 5) is 44.6. The molecule has 3 amide bonds. The molecule has 0 aliphatic carbocycles. The molecule has 37 heavy (non-hydrogen) atoms. The zero-order chi connectivity index (χ0) is 26.0. The van der Waals surface area contributed by atoms with Gasteiger partial charge in [0.2, 0.25) is 5.91 Å². The molecule has 1 N–H and O–H groups in total. The first-order valence-electron chi connectivity index (χ1n) is 12.6. The van der Waals surface area contributed by atoms with Crippen LogP contribution in [0.5, 0.6) is 0 Å². The minimum atomic E-state index is -0.941. The lowest BCUT2D eigenvalue weighted by Crippen LogP contribution is -2.60. The Hall–Kier alpha value is -3.49. The number of ether oxygens (including phenoxy) is 1. The molecule has 7 nitrogen and oxygen atoms in total. The predicted molar refractivity (Wildman–Crippen MR) is 142 cm³/mol. The zero-order valence-corrected chi connectivity index (χ0v) is 21.9. The molecule has 2 aromatic carbocycles. The highest BCUT2D eigenvalue weighted by molar-refractivity contribution is 7.12. The maximum atomic E-state index is 14.0. The van der Waals surface area contributed by atoms with Crippen LogP contribution in [0.15, 0.2) is 72.1 Å². The number of benzene rings is 2. The van der Waals surface area contributed by atoms with Gasteiger partial charge in [-0.2, -0.15) is 0 Å². The molecule has 2 saturated heterocycles. The molecule has 1 aromatic heterocycles. The number of carbonyl (C=O) groups is 3. The van der Waals surface area contributed by atoms with Crippen LogP contribution in [0, 0.1) is 6.92 Å². The van der Waals surface area contributed by atoms with Gasteiger partial charge in [-0.15, -0.1) is 11.3 Å². The molecule has 2 aliphatic rings. The first-order valence-corrected chi connectivity index (χ1v) is 13.5. The highest BCUT2D eigenvalue weighted by Crippen LogP contribution is 2.39. The molecule has 8 heteroatoms. The van der Waals surface area contributed by atoms with Crippen LogP contribution in [0.2, 0.25) is 0 Å². The Balaban J connectivity index is 1.40. The van der Waals surface area contributed by atoms with Crippen molar-refractivity contribution < 1.29 is 19.1 Å². The zero-order valence-electron chi connectivity index (χ0n) is 21.1. The molecule has 0 unspecified atom stereocenters. The van der Waals surface area contributed by atoms with E-state index in [0.717, 1.165) is 11.1 Å². The Morgan fingerprint density at radius 2 is 1.68 bits per heavy atom. The van der Waals surface area contributed by atoms with Gasteiger partial charge in [-0.25, -0.2) is 0 Å². The third-order valence-electron chi connectivity index (χ3n) is 7.38. The number of nitrogens with one attached hydrogen (secondary N) is 1. The van der Waals surface area contributed by atoms with Crippen LogP contribution in [-0.2, 0) is 9.53 Å². The summed E-state index contributed by atoms with van der Waals surface area (Å²) in [6, 6.07) is 19.9. The summed E-state index contributed by atoms with van der Waals surface area (Å²) in [6.07, 6.45) is 0.888. The lowest BCUT2D eigenvalue weighted by atomic mass is 9.95. The normalized spacial score (nSPS) is 19.6. The minimum absolute atomic E-state index is 0.00870. The van der Waals surface area contributed by atoms with Crippen molar-refractivity contribution in [3.05, 3.63) is 93.7 Å². The van der Waals surface area contributed by atoms with Gasteiger partial charge in [-0.05, 0) is 42.5 Å². The average Bonchev–Trinajstić information content (AvgIpc) is 3.58. The number of hydrogen-bond acceptors (Lipinski definition) is 5. The van der Waals surface area contributed by atoms with Crippen molar-refractivity contribution >= 4 is 29.1 Å². The van der Waals surface area contributed by atoms with Crippen molar-refractivity contribution in [3.63, 3.8) is 0 Å². The Bertz CT molecular complexity index is 1270. The third kappa shape index (κ3) is 4.91. The molecular formula is C29H31N3O4S. The number of thiophene rings is 1. The fourth-order valence-electron chi connectivity index (χ4n) is 5.26. The first kappa shape index (κ1) is 25.2. The average molecular weight is 518 g/mol. The van der Waals surface area contributed by atoms with E-state index in [1.54, 1.807) is 11.0 Å². The fraction of sp³-hybridized carbons (Fsp3) is 0.345. The summed E-state index contributed by atoms with van der Waals surface area (Å²) in [5.41, 5.74) is 1.44. The summed E-state index contributed by atoms with van der Waals surface area (Å²) in [5.74, 6) is -0.473. The summed E-state index contributed by atoms with van der Waals surface area (Å²) in [7, 11) is 0. The number of hydrogen-bond donors (Lipinski definition) is 1. The molecule has 0 bridgehead atoms. The SMILES string of the molecule is Cc1ccccc1C(=O)N1[C@@H](C(=O)N[C@H](C)c2ccccc2)COC12CCN(C(=O)c1cccs1)CC2. The van der Waals surface area contributed by atoms with Gasteiger partial charge < -0.3 is 15.0 Å². The number of aryl methyl sites for hydroxylation is 1. The summed E-state index contributed by atoms with van der Waals surface area (Å²) < 4.78 is 6.33. The van der Waals surface area contributed by atoms with Crippen molar-refractivity contribution in [2.75, 3.05) is 19.7 Å². The molecule has 0 radical (unpaired) electrons. The lowest BCUT2D eigenvalue weighted by Gasteiger charge is -2.44. The van der Waals surface area contributed by atoms with Gasteiger partial charge in [0.25, 0.3) is 11.8 Å². The fourth-order valence-corrected chi connectivity index (χ4v) is 5.95. The highest BCUT2D eigenvalue weighted by atomic mass is 32.1. The van der Waals surface area contributed by atoms with Gasteiger partial charge in [0, 0.05) is 31.5 Å². The Kier molecular flexibility index (Phi) is 7.13. The Labute approximate surface area is 221 Å². The second-order valence-electron chi connectivity index (χ2n) is 9.67. The lowest BCUT2D eigenvalue weighted by molar-refractivity contribution is -0.128. The van der Waals surface area contributed by atoms with Crippen LogP contribution < -0.4 is 5.32 Å². The van der Waals surface area contributed by atoms with E-state index in [0.29, 0.717) is 36.4 Å². The number of amides is 3. The molecule has 1 spiro atoms. The predicted octanol–water partition coefficient (Wildman–Crippen LogP) is 4.41. The molecule has 192 valence electrons. The largest absolute Gasteiger partial charge is 0.353 e. The maximum Gasteiger partial charge on any atom is 0.263 e. The number of rotatable bonds is 5. The number of piperidine rings is 1. The topological polar surface area (TPSA) is 79.0 Å². The second kappa shape index (κ2) is 10.5. The van der Waals surface area contributed by atoms with Crippen LogP contribution in [0.3, 0.4) is 0 Å². The summed E-state index contributed by atoms with van der Waals surface area (Å²) in [5, 5.41) is 4.97. The van der Waals surface area contributed by atoms with Crippen LogP contribution in [0.1, 0.15) is 57.0 Å². The van der Waals surface area contributed by atoms with Crippen molar-refractivity contribution in [3.8, 4) is 0 Å². The molecule has 0 saturated carbocycles. The summed E-state index contributed by atoms with van der Waals surface area (Å²) >= 11 is 1.42. The van der Waals surface area contributed by atoms with Crippen LogP contribution in [-0.4, -0.2) is 59.0 Å². The van der Waals surface area contributed by atoms with Gasteiger partial charge in [0.15, 0.2) is 0 Å². The number of likely N-dealkylation sites (tertiary alicyclic amines) is 1. The van der Waals surface area contributed by atoms with Crippen LogP contribution in [0.25, 0.3) is 0 Å². The van der Waals surface area contributed by atoms with E-state index in [-0.39, 0.29) is 30.4 Å².